The Morgan fingerprint density at radius 2 is 1.35 bits per heavy atom. The minimum atomic E-state index is -2.28. The lowest BCUT2D eigenvalue weighted by atomic mass is 9.89. The van der Waals surface area contributed by atoms with Crippen molar-refractivity contribution in [3.63, 3.8) is 0 Å². The van der Waals surface area contributed by atoms with E-state index in [4.69, 9.17) is 4.43 Å². The first-order chi connectivity index (χ1) is 21.9. The Bertz CT molecular complexity index is 1410. The smallest absolute Gasteiger partial charge is 0.335 e. The SMILES string of the molecule is CC(C)(C)[Si](C)(C)O[C@H]1CN(CC2CCCCC2)N(Cc2ccc(F)cc2)C(=O)N(Cc2ccc(F)cc2)[C@H]1Cc1ccccc1. The maximum absolute atomic E-state index is 15.1. The molecule has 1 saturated heterocycles. The molecule has 8 heteroatoms. The molecule has 5 rings (SSSR count). The van der Waals surface area contributed by atoms with Crippen molar-refractivity contribution in [1.29, 1.82) is 0 Å². The minimum Gasteiger partial charge on any atom is -0.410 e. The lowest BCUT2D eigenvalue weighted by molar-refractivity contribution is -0.0265. The molecule has 0 spiro atoms. The zero-order valence-corrected chi connectivity index (χ0v) is 29.2. The fourth-order valence-corrected chi connectivity index (χ4v) is 7.89. The van der Waals surface area contributed by atoms with Crippen LogP contribution in [0.25, 0.3) is 0 Å². The van der Waals surface area contributed by atoms with Crippen LogP contribution < -0.4 is 0 Å². The Balaban J connectivity index is 1.62. The highest BCUT2D eigenvalue weighted by Crippen LogP contribution is 2.39. The fourth-order valence-electron chi connectivity index (χ4n) is 6.55. The number of halogens is 2. The molecule has 0 aromatic heterocycles. The molecule has 0 unspecified atom stereocenters. The number of carbonyl (C=O) groups is 1. The second-order valence-electron chi connectivity index (χ2n) is 14.8. The monoisotopic (exact) mass is 647 g/mol. The van der Waals surface area contributed by atoms with Gasteiger partial charge in [-0.25, -0.2) is 18.6 Å². The zero-order chi connectivity index (χ0) is 32.9. The summed E-state index contributed by atoms with van der Waals surface area (Å²) >= 11 is 0. The average molecular weight is 648 g/mol. The van der Waals surface area contributed by atoms with E-state index >= 15 is 4.79 Å². The number of carbonyl (C=O) groups excluding carboxylic acids is 1. The van der Waals surface area contributed by atoms with Crippen LogP contribution in [0.3, 0.4) is 0 Å². The third-order valence-corrected chi connectivity index (χ3v) is 14.8. The molecule has 3 aromatic rings. The lowest BCUT2D eigenvalue weighted by Gasteiger charge is -2.43. The van der Waals surface area contributed by atoms with Gasteiger partial charge in [-0.05, 0) is 84.3 Å². The number of benzene rings is 3. The molecule has 3 aromatic carbocycles. The van der Waals surface area contributed by atoms with Gasteiger partial charge in [-0.3, -0.25) is 5.01 Å². The van der Waals surface area contributed by atoms with Gasteiger partial charge in [-0.1, -0.05) is 94.6 Å². The first-order valence-corrected chi connectivity index (χ1v) is 19.8. The van der Waals surface area contributed by atoms with Gasteiger partial charge >= 0.3 is 6.03 Å². The van der Waals surface area contributed by atoms with Gasteiger partial charge in [0.05, 0.1) is 18.7 Å². The molecule has 0 N–H and O–H groups in total. The quantitative estimate of drug-likeness (QED) is 0.206. The molecular formula is C38H51F2N3O2Si. The van der Waals surface area contributed by atoms with Crippen LogP contribution in [0.4, 0.5) is 13.6 Å². The molecule has 2 atom stereocenters. The maximum Gasteiger partial charge on any atom is 0.335 e. The Hall–Kier alpha value is -3.07. The molecule has 1 aliphatic heterocycles. The van der Waals surface area contributed by atoms with Crippen molar-refractivity contribution in [3.05, 3.63) is 107 Å². The van der Waals surface area contributed by atoms with Crippen LogP contribution in [0.5, 0.6) is 0 Å². The van der Waals surface area contributed by atoms with Crippen molar-refractivity contribution in [2.75, 3.05) is 13.1 Å². The van der Waals surface area contributed by atoms with Crippen molar-refractivity contribution in [2.45, 2.75) is 103 Å². The molecule has 2 fully saturated rings. The van der Waals surface area contributed by atoms with E-state index in [1.807, 2.05) is 28.1 Å². The van der Waals surface area contributed by atoms with E-state index in [1.54, 1.807) is 24.3 Å². The normalized spacial score (nSPS) is 20.6. The van der Waals surface area contributed by atoms with Gasteiger partial charge in [-0.2, -0.15) is 0 Å². The van der Waals surface area contributed by atoms with Crippen LogP contribution >= 0.6 is 0 Å². The van der Waals surface area contributed by atoms with E-state index in [0.29, 0.717) is 32.0 Å². The summed E-state index contributed by atoms with van der Waals surface area (Å²) in [4.78, 5) is 17.0. The average Bonchev–Trinajstić information content (AvgIpc) is 3.10. The van der Waals surface area contributed by atoms with E-state index in [9.17, 15) is 8.78 Å². The number of hydrazine groups is 1. The van der Waals surface area contributed by atoms with Crippen molar-refractivity contribution < 1.29 is 18.0 Å². The molecule has 1 saturated carbocycles. The zero-order valence-electron chi connectivity index (χ0n) is 28.2. The molecule has 1 aliphatic carbocycles. The standard InChI is InChI=1S/C38H51F2N3O2Si/c1-38(2,3)46(4,5)45-36-28-41(25-30-14-10-7-11-15-30)43(27-32-18-22-34(40)23-19-32)37(44)42(26-31-16-20-33(39)21-17-31)35(36)24-29-12-8-6-9-13-29/h6,8-9,12-13,16-23,30,35-36H,7,10-11,14-15,24-28H2,1-5H3/t35-,36-/m0/s1. The molecular weight excluding hydrogens is 597 g/mol. The summed E-state index contributed by atoms with van der Waals surface area (Å²) in [7, 11) is -2.28. The molecule has 2 amide bonds. The predicted molar refractivity (Wildman–Crippen MR) is 183 cm³/mol. The van der Waals surface area contributed by atoms with Gasteiger partial charge in [0.15, 0.2) is 8.32 Å². The Labute approximate surface area is 275 Å². The number of amides is 2. The van der Waals surface area contributed by atoms with Crippen LogP contribution in [0, 0.1) is 17.6 Å². The second kappa shape index (κ2) is 14.8. The van der Waals surface area contributed by atoms with Crippen molar-refractivity contribution >= 4 is 14.3 Å². The van der Waals surface area contributed by atoms with Gasteiger partial charge in [-0.15, -0.1) is 0 Å². The van der Waals surface area contributed by atoms with Crippen LogP contribution in [0.1, 0.15) is 69.6 Å². The maximum atomic E-state index is 15.1. The summed E-state index contributed by atoms with van der Waals surface area (Å²) < 4.78 is 35.3. The summed E-state index contributed by atoms with van der Waals surface area (Å²) in [5, 5.41) is 4.12. The summed E-state index contributed by atoms with van der Waals surface area (Å²) in [5.74, 6) is -0.113. The van der Waals surface area contributed by atoms with E-state index in [0.717, 1.165) is 36.1 Å². The third kappa shape index (κ3) is 8.63. The van der Waals surface area contributed by atoms with Crippen LogP contribution in [0.15, 0.2) is 78.9 Å². The largest absolute Gasteiger partial charge is 0.410 e. The second-order valence-corrected chi connectivity index (χ2v) is 19.5. The number of hydrogen-bond acceptors (Lipinski definition) is 3. The van der Waals surface area contributed by atoms with Crippen LogP contribution in [-0.4, -0.2) is 54.5 Å². The first kappa shape index (κ1) is 34.3. The molecule has 1 heterocycles. The number of hydrogen-bond donors (Lipinski definition) is 0. The fraction of sp³-hybridized carbons (Fsp3) is 0.500. The van der Waals surface area contributed by atoms with Gasteiger partial charge in [0.1, 0.15) is 11.6 Å². The summed E-state index contributed by atoms with van der Waals surface area (Å²) in [6, 6.07) is 22.8. The van der Waals surface area contributed by atoms with Gasteiger partial charge in [0, 0.05) is 19.6 Å². The van der Waals surface area contributed by atoms with E-state index in [1.165, 1.54) is 43.5 Å². The van der Waals surface area contributed by atoms with E-state index < -0.39 is 8.32 Å². The van der Waals surface area contributed by atoms with Crippen LogP contribution in [-0.2, 0) is 23.9 Å². The van der Waals surface area contributed by atoms with Gasteiger partial charge < -0.3 is 9.33 Å². The number of rotatable bonds is 10. The molecule has 0 bridgehead atoms. The van der Waals surface area contributed by atoms with E-state index in [-0.39, 0.29) is 34.8 Å². The summed E-state index contributed by atoms with van der Waals surface area (Å²) in [5.41, 5.74) is 2.87. The Morgan fingerprint density at radius 1 is 0.783 bits per heavy atom. The highest BCUT2D eigenvalue weighted by atomic mass is 28.4. The predicted octanol–water partition coefficient (Wildman–Crippen LogP) is 9.20. The molecule has 46 heavy (non-hydrogen) atoms. The van der Waals surface area contributed by atoms with Crippen molar-refractivity contribution in [2.24, 2.45) is 5.92 Å². The van der Waals surface area contributed by atoms with Crippen molar-refractivity contribution in [1.82, 2.24) is 14.9 Å². The third-order valence-electron chi connectivity index (χ3n) is 10.3. The molecule has 248 valence electrons. The molecule has 2 aliphatic rings. The van der Waals surface area contributed by atoms with Crippen molar-refractivity contribution in [3.8, 4) is 0 Å². The lowest BCUT2D eigenvalue weighted by Crippen LogP contribution is -2.54. The summed E-state index contributed by atoms with van der Waals surface area (Å²) in [6.45, 7) is 13.3. The first-order valence-electron chi connectivity index (χ1n) is 16.9. The Kier molecular flexibility index (Phi) is 11.0. The van der Waals surface area contributed by atoms with Gasteiger partial charge in [0.25, 0.3) is 0 Å². The highest BCUT2D eigenvalue weighted by Gasteiger charge is 2.46. The molecule has 5 nitrogen and oxygen atoms in total. The Morgan fingerprint density at radius 3 is 1.91 bits per heavy atom. The summed E-state index contributed by atoms with van der Waals surface area (Å²) in [6.07, 6.45) is 6.35. The van der Waals surface area contributed by atoms with E-state index in [2.05, 4.69) is 51.0 Å². The van der Waals surface area contributed by atoms with Crippen LogP contribution in [0.2, 0.25) is 18.1 Å². The number of nitrogens with zero attached hydrogens (tertiary/aromatic N) is 3. The molecule has 0 radical (unpaired) electrons. The minimum absolute atomic E-state index is 0.0234. The van der Waals surface area contributed by atoms with Gasteiger partial charge in [0.2, 0.25) is 0 Å². The topological polar surface area (TPSA) is 36.0 Å². The highest BCUT2D eigenvalue weighted by molar-refractivity contribution is 6.74. The number of urea groups is 1.